The minimum Gasteiger partial charge on any atom is -0.493 e. The average Bonchev–Trinajstić information content (AvgIpc) is 3.09. The molecule has 0 aliphatic carbocycles. The van der Waals surface area contributed by atoms with Crippen molar-refractivity contribution >= 4 is 21.9 Å². The molecule has 2 aromatic carbocycles. The molecule has 0 aliphatic rings. The molecule has 3 rings (SSSR count). The molecule has 0 amide bonds. The van der Waals surface area contributed by atoms with Crippen LogP contribution in [0.5, 0.6) is 11.5 Å². The zero-order valence-electron chi connectivity index (χ0n) is 19.7. The van der Waals surface area contributed by atoms with E-state index in [9.17, 15) is 0 Å². The zero-order valence-corrected chi connectivity index (χ0v) is 19.7. The van der Waals surface area contributed by atoms with Gasteiger partial charge in [0.15, 0.2) is 0 Å². The summed E-state index contributed by atoms with van der Waals surface area (Å²) in [5.74, 6) is 2.17. The summed E-state index contributed by atoms with van der Waals surface area (Å²) in [6.45, 7) is 19.9. The minimum atomic E-state index is -0.0151. The predicted molar refractivity (Wildman–Crippen MR) is 132 cm³/mol. The van der Waals surface area contributed by atoms with Crippen LogP contribution < -0.4 is 9.47 Å². The predicted octanol–water partition coefficient (Wildman–Crippen LogP) is 8.31. The molecular formula is C28H36O3. The summed E-state index contributed by atoms with van der Waals surface area (Å²) in [5.41, 5.74) is 4.10. The van der Waals surface area contributed by atoms with Crippen LogP contribution in [0, 0.1) is 0 Å². The van der Waals surface area contributed by atoms with E-state index in [2.05, 4.69) is 72.0 Å². The van der Waals surface area contributed by atoms with E-state index in [1.807, 2.05) is 12.2 Å². The van der Waals surface area contributed by atoms with Crippen LogP contribution >= 0.6 is 0 Å². The van der Waals surface area contributed by atoms with Crippen LogP contribution in [0.1, 0.15) is 70.9 Å². The van der Waals surface area contributed by atoms with Crippen LogP contribution in [0.15, 0.2) is 54.0 Å². The summed E-state index contributed by atoms with van der Waals surface area (Å²) in [6, 6.07) is 8.55. The van der Waals surface area contributed by atoms with E-state index in [0.29, 0.717) is 19.1 Å². The van der Waals surface area contributed by atoms with Gasteiger partial charge in [-0.25, -0.2) is 0 Å². The Labute approximate surface area is 186 Å². The van der Waals surface area contributed by atoms with E-state index in [1.54, 1.807) is 0 Å². The van der Waals surface area contributed by atoms with Crippen molar-refractivity contribution in [2.24, 2.45) is 0 Å². The van der Waals surface area contributed by atoms with Crippen LogP contribution in [0.3, 0.4) is 0 Å². The lowest BCUT2D eigenvalue weighted by molar-refractivity contribution is 0.313. The van der Waals surface area contributed by atoms with Crippen molar-refractivity contribution in [1.82, 2.24) is 0 Å². The SMILES string of the molecule is C=CCCOc1cc2c(cc1C(C)C)oc1cc(C(C)(C)CC)c(OCCC=C)cc12. The van der Waals surface area contributed by atoms with E-state index in [0.717, 1.165) is 58.3 Å². The molecule has 0 atom stereocenters. The second kappa shape index (κ2) is 9.64. The maximum atomic E-state index is 6.34. The molecule has 0 aliphatic heterocycles. The molecular weight excluding hydrogens is 384 g/mol. The monoisotopic (exact) mass is 420 g/mol. The molecule has 0 unspecified atom stereocenters. The Morgan fingerprint density at radius 1 is 0.903 bits per heavy atom. The first-order valence-corrected chi connectivity index (χ1v) is 11.3. The molecule has 0 saturated carbocycles. The molecule has 0 fully saturated rings. The molecule has 166 valence electrons. The number of benzene rings is 2. The highest BCUT2D eigenvalue weighted by atomic mass is 16.5. The largest absolute Gasteiger partial charge is 0.493 e. The fourth-order valence-electron chi connectivity index (χ4n) is 3.76. The lowest BCUT2D eigenvalue weighted by atomic mass is 9.81. The standard InChI is InChI=1S/C28H36O3/c1-8-11-13-29-24-16-21-22-17-27(30-14-12-9-2)23(28(6,7)10-3)18-26(22)31-25(21)15-20(24)19(4)5/h8-9,15-19H,1-2,10-14H2,3-7H3. The van der Waals surface area contributed by atoms with Gasteiger partial charge in [0, 0.05) is 21.9 Å². The first-order chi connectivity index (χ1) is 14.8. The first-order valence-electron chi connectivity index (χ1n) is 11.3. The summed E-state index contributed by atoms with van der Waals surface area (Å²) < 4.78 is 18.7. The fourth-order valence-corrected chi connectivity index (χ4v) is 3.76. The summed E-state index contributed by atoms with van der Waals surface area (Å²) in [7, 11) is 0. The highest BCUT2D eigenvalue weighted by Crippen LogP contribution is 2.42. The summed E-state index contributed by atoms with van der Waals surface area (Å²) >= 11 is 0. The van der Waals surface area contributed by atoms with Crippen molar-refractivity contribution in [3.8, 4) is 11.5 Å². The molecule has 0 radical (unpaired) electrons. The average molecular weight is 421 g/mol. The molecule has 3 heteroatoms. The van der Waals surface area contributed by atoms with Crippen molar-refractivity contribution < 1.29 is 13.9 Å². The van der Waals surface area contributed by atoms with Crippen LogP contribution in [0.2, 0.25) is 0 Å². The van der Waals surface area contributed by atoms with Gasteiger partial charge in [-0.05, 0) is 54.9 Å². The second-order valence-corrected chi connectivity index (χ2v) is 9.08. The van der Waals surface area contributed by atoms with Crippen molar-refractivity contribution in [3.63, 3.8) is 0 Å². The second-order valence-electron chi connectivity index (χ2n) is 9.08. The van der Waals surface area contributed by atoms with E-state index in [1.165, 1.54) is 5.56 Å². The van der Waals surface area contributed by atoms with Crippen LogP contribution in [-0.4, -0.2) is 13.2 Å². The van der Waals surface area contributed by atoms with E-state index in [4.69, 9.17) is 13.9 Å². The molecule has 0 N–H and O–H groups in total. The maximum absolute atomic E-state index is 6.34. The quantitative estimate of drug-likeness (QED) is 0.231. The molecule has 0 bridgehead atoms. The highest BCUT2D eigenvalue weighted by molar-refractivity contribution is 6.06. The summed E-state index contributed by atoms with van der Waals surface area (Å²) in [5, 5.41) is 2.12. The number of hydrogen-bond donors (Lipinski definition) is 0. The van der Waals surface area contributed by atoms with Crippen LogP contribution in [-0.2, 0) is 5.41 Å². The minimum absolute atomic E-state index is 0.0151. The maximum Gasteiger partial charge on any atom is 0.135 e. The van der Waals surface area contributed by atoms with Gasteiger partial charge in [-0.15, -0.1) is 13.2 Å². The van der Waals surface area contributed by atoms with Crippen molar-refractivity contribution in [1.29, 1.82) is 0 Å². The number of fused-ring (bicyclic) bond motifs is 3. The Hall–Kier alpha value is -2.68. The Bertz CT molecular complexity index is 1070. The van der Waals surface area contributed by atoms with Gasteiger partial charge in [0.05, 0.1) is 13.2 Å². The Morgan fingerprint density at radius 2 is 1.45 bits per heavy atom. The molecule has 0 spiro atoms. The van der Waals surface area contributed by atoms with Gasteiger partial charge in [-0.3, -0.25) is 0 Å². The number of furan rings is 1. The van der Waals surface area contributed by atoms with Crippen molar-refractivity contribution in [2.45, 2.75) is 65.2 Å². The summed E-state index contributed by atoms with van der Waals surface area (Å²) in [6.07, 6.45) is 6.41. The fraction of sp³-hybridized carbons (Fsp3) is 0.429. The number of ether oxygens (including phenoxy) is 2. The van der Waals surface area contributed by atoms with Gasteiger partial charge < -0.3 is 13.9 Å². The lowest BCUT2D eigenvalue weighted by Gasteiger charge is -2.26. The Kier molecular flexibility index (Phi) is 7.15. The molecule has 3 aromatic rings. The topological polar surface area (TPSA) is 31.6 Å². The molecule has 3 nitrogen and oxygen atoms in total. The van der Waals surface area contributed by atoms with Gasteiger partial charge in [-0.2, -0.15) is 0 Å². The lowest BCUT2D eigenvalue weighted by Crippen LogP contribution is -2.17. The summed E-state index contributed by atoms with van der Waals surface area (Å²) in [4.78, 5) is 0. The van der Waals surface area contributed by atoms with Gasteiger partial charge in [-0.1, -0.05) is 46.8 Å². The smallest absolute Gasteiger partial charge is 0.135 e. The van der Waals surface area contributed by atoms with E-state index < -0.39 is 0 Å². The molecule has 1 aromatic heterocycles. The normalized spacial score (nSPS) is 11.9. The highest BCUT2D eigenvalue weighted by Gasteiger charge is 2.25. The van der Waals surface area contributed by atoms with E-state index >= 15 is 0 Å². The zero-order chi connectivity index (χ0) is 22.6. The number of rotatable bonds is 11. The van der Waals surface area contributed by atoms with E-state index in [-0.39, 0.29) is 5.41 Å². The first kappa shape index (κ1) is 23.0. The van der Waals surface area contributed by atoms with Crippen LogP contribution in [0.4, 0.5) is 0 Å². The van der Waals surface area contributed by atoms with Gasteiger partial charge in [0.25, 0.3) is 0 Å². The molecule has 0 saturated heterocycles. The number of hydrogen-bond acceptors (Lipinski definition) is 3. The molecule has 31 heavy (non-hydrogen) atoms. The third-order valence-electron chi connectivity index (χ3n) is 6.10. The van der Waals surface area contributed by atoms with Crippen LogP contribution in [0.25, 0.3) is 21.9 Å². The third-order valence-corrected chi connectivity index (χ3v) is 6.10. The molecule has 1 heterocycles. The Balaban J connectivity index is 2.19. The van der Waals surface area contributed by atoms with Crippen molar-refractivity contribution in [2.75, 3.05) is 13.2 Å². The van der Waals surface area contributed by atoms with Gasteiger partial charge >= 0.3 is 0 Å². The third kappa shape index (κ3) is 4.81. The van der Waals surface area contributed by atoms with Gasteiger partial charge in [0.2, 0.25) is 0 Å². The van der Waals surface area contributed by atoms with Gasteiger partial charge in [0.1, 0.15) is 22.7 Å². The van der Waals surface area contributed by atoms with Crippen molar-refractivity contribution in [3.05, 3.63) is 60.7 Å². The Morgan fingerprint density at radius 3 is 2.00 bits per heavy atom.